The van der Waals surface area contributed by atoms with Gasteiger partial charge in [0.2, 0.25) is 11.1 Å². The van der Waals surface area contributed by atoms with Gasteiger partial charge in [-0.25, -0.2) is 4.98 Å². The zero-order chi connectivity index (χ0) is 12.4. The summed E-state index contributed by atoms with van der Waals surface area (Å²) < 4.78 is 0. The number of anilines is 1. The van der Waals surface area contributed by atoms with Crippen LogP contribution in [-0.2, 0) is 0 Å². The van der Waals surface area contributed by atoms with Gasteiger partial charge >= 0.3 is 5.69 Å². The molecule has 1 aliphatic carbocycles. The maximum atomic E-state index is 10.9. The fraction of sp³-hybridized carbons (Fsp3) is 0.556. The molecular formula is C9H11ClN4O3. The van der Waals surface area contributed by atoms with Crippen LogP contribution in [0.5, 0.6) is 0 Å². The van der Waals surface area contributed by atoms with Gasteiger partial charge in [-0.3, -0.25) is 10.1 Å². The molecule has 1 aromatic heterocycles. The molecule has 1 heterocycles. The van der Waals surface area contributed by atoms with Gasteiger partial charge < -0.3 is 10.0 Å². The molecule has 0 amide bonds. The summed E-state index contributed by atoms with van der Waals surface area (Å²) in [7, 11) is 0. The molecule has 0 spiro atoms. The SMILES string of the molecule is O=[N+]([O-])c1cnc(Cl)nc1N(CCO)C1CC1. The van der Waals surface area contributed by atoms with Crippen LogP contribution in [0.3, 0.4) is 0 Å². The second kappa shape index (κ2) is 4.80. The Morgan fingerprint density at radius 1 is 1.65 bits per heavy atom. The zero-order valence-corrected chi connectivity index (χ0v) is 9.67. The summed E-state index contributed by atoms with van der Waals surface area (Å²) in [5, 5.41) is 19.8. The van der Waals surface area contributed by atoms with Crippen molar-refractivity contribution in [2.75, 3.05) is 18.1 Å². The van der Waals surface area contributed by atoms with Crippen molar-refractivity contribution in [3.05, 3.63) is 21.6 Å². The minimum Gasteiger partial charge on any atom is -0.395 e. The number of nitro groups is 1. The molecule has 1 N–H and O–H groups in total. The molecule has 0 atom stereocenters. The third kappa shape index (κ3) is 2.62. The number of hydrogen-bond acceptors (Lipinski definition) is 6. The van der Waals surface area contributed by atoms with Crippen molar-refractivity contribution in [3.63, 3.8) is 0 Å². The van der Waals surface area contributed by atoms with Crippen molar-refractivity contribution < 1.29 is 10.0 Å². The van der Waals surface area contributed by atoms with Gasteiger partial charge in [0.1, 0.15) is 6.20 Å². The van der Waals surface area contributed by atoms with Crippen LogP contribution in [0.2, 0.25) is 5.28 Å². The molecule has 1 aliphatic rings. The van der Waals surface area contributed by atoms with Crippen molar-refractivity contribution in [2.24, 2.45) is 0 Å². The molecule has 8 heteroatoms. The highest BCUT2D eigenvalue weighted by Gasteiger charge is 2.34. The highest BCUT2D eigenvalue weighted by atomic mass is 35.5. The number of aliphatic hydroxyl groups is 1. The van der Waals surface area contributed by atoms with Crippen molar-refractivity contribution in [1.29, 1.82) is 0 Å². The highest BCUT2D eigenvalue weighted by Crippen LogP contribution is 2.35. The first-order valence-electron chi connectivity index (χ1n) is 5.18. The van der Waals surface area contributed by atoms with Gasteiger partial charge in [-0.2, -0.15) is 4.98 Å². The molecule has 17 heavy (non-hydrogen) atoms. The Hall–Kier alpha value is -1.47. The average molecular weight is 259 g/mol. The summed E-state index contributed by atoms with van der Waals surface area (Å²) in [6.45, 7) is 0.216. The molecule has 0 bridgehead atoms. The van der Waals surface area contributed by atoms with Crippen molar-refractivity contribution in [3.8, 4) is 0 Å². The van der Waals surface area contributed by atoms with Crippen molar-refractivity contribution in [2.45, 2.75) is 18.9 Å². The van der Waals surface area contributed by atoms with E-state index >= 15 is 0 Å². The maximum absolute atomic E-state index is 10.9. The van der Waals surface area contributed by atoms with E-state index in [0.717, 1.165) is 19.0 Å². The Labute approximate surface area is 102 Å². The van der Waals surface area contributed by atoms with Crippen LogP contribution in [0.4, 0.5) is 11.5 Å². The van der Waals surface area contributed by atoms with Gasteiger partial charge in [0, 0.05) is 12.6 Å². The molecule has 0 aliphatic heterocycles. The van der Waals surface area contributed by atoms with E-state index in [-0.39, 0.29) is 29.4 Å². The minimum atomic E-state index is -0.543. The Balaban J connectivity index is 2.39. The first-order valence-corrected chi connectivity index (χ1v) is 5.55. The van der Waals surface area contributed by atoms with E-state index in [1.807, 2.05) is 0 Å². The fourth-order valence-electron chi connectivity index (χ4n) is 1.64. The van der Waals surface area contributed by atoms with E-state index in [2.05, 4.69) is 9.97 Å². The summed E-state index contributed by atoms with van der Waals surface area (Å²) in [5.41, 5.74) is -0.185. The number of aliphatic hydroxyl groups excluding tert-OH is 1. The summed E-state index contributed by atoms with van der Waals surface area (Å²) in [6.07, 6.45) is 2.98. The minimum absolute atomic E-state index is 0.0332. The number of hydrogen-bond donors (Lipinski definition) is 1. The third-order valence-electron chi connectivity index (χ3n) is 2.52. The monoisotopic (exact) mass is 258 g/mol. The standard InChI is InChI=1S/C9H11ClN4O3/c10-9-11-5-7(14(16)17)8(12-9)13(3-4-15)6-1-2-6/h5-6,15H,1-4H2. The summed E-state index contributed by atoms with van der Waals surface area (Å²) in [5.74, 6) is 0.187. The van der Waals surface area contributed by atoms with E-state index in [1.54, 1.807) is 4.90 Å². The van der Waals surface area contributed by atoms with E-state index in [9.17, 15) is 10.1 Å². The molecule has 0 unspecified atom stereocenters. The molecule has 92 valence electrons. The zero-order valence-electron chi connectivity index (χ0n) is 8.91. The molecule has 2 rings (SSSR count). The summed E-state index contributed by atoms with van der Waals surface area (Å²) in [6, 6.07) is 0.201. The number of rotatable bonds is 5. The van der Waals surface area contributed by atoms with Crippen LogP contribution in [0.25, 0.3) is 0 Å². The first kappa shape index (κ1) is 12.0. The molecule has 1 saturated carbocycles. The van der Waals surface area contributed by atoms with Gasteiger partial charge in [0.05, 0.1) is 11.5 Å². The normalized spacial score (nSPS) is 14.7. The van der Waals surface area contributed by atoms with E-state index in [4.69, 9.17) is 16.7 Å². The van der Waals surface area contributed by atoms with Crippen LogP contribution < -0.4 is 4.90 Å². The smallest absolute Gasteiger partial charge is 0.329 e. The van der Waals surface area contributed by atoms with Crippen LogP contribution in [0.1, 0.15) is 12.8 Å². The second-order valence-electron chi connectivity index (χ2n) is 3.75. The summed E-state index contributed by atoms with van der Waals surface area (Å²) >= 11 is 5.66. The number of aromatic nitrogens is 2. The molecule has 1 aromatic rings. The van der Waals surface area contributed by atoms with Crippen molar-refractivity contribution >= 4 is 23.1 Å². The van der Waals surface area contributed by atoms with Crippen molar-refractivity contribution in [1.82, 2.24) is 9.97 Å². The second-order valence-corrected chi connectivity index (χ2v) is 4.09. The Morgan fingerprint density at radius 3 is 2.88 bits per heavy atom. The average Bonchev–Trinajstić information content (AvgIpc) is 3.09. The molecule has 1 fully saturated rings. The largest absolute Gasteiger partial charge is 0.395 e. The maximum Gasteiger partial charge on any atom is 0.329 e. The Kier molecular flexibility index (Phi) is 3.39. The topological polar surface area (TPSA) is 92.4 Å². The van der Waals surface area contributed by atoms with Crippen LogP contribution >= 0.6 is 11.6 Å². The number of nitrogens with zero attached hydrogens (tertiary/aromatic N) is 4. The van der Waals surface area contributed by atoms with E-state index in [1.165, 1.54) is 0 Å². The predicted molar refractivity (Wildman–Crippen MR) is 61.2 cm³/mol. The quantitative estimate of drug-likeness (QED) is 0.481. The Morgan fingerprint density at radius 2 is 2.35 bits per heavy atom. The van der Waals surface area contributed by atoms with Crippen LogP contribution in [-0.4, -0.2) is 39.2 Å². The molecule has 0 aromatic carbocycles. The Bertz CT molecular complexity index is 438. The van der Waals surface area contributed by atoms with Gasteiger partial charge in [-0.15, -0.1) is 0 Å². The van der Waals surface area contributed by atoms with E-state index in [0.29, 0.717) is 6.54 Å². The van der Waals surface area contributed by atoms with Crippen LogP contribution in [0, 0.1) is 10.1 Å². The molecule has 0 radical (unpaired) electrons. The number of halogens is 1. The van der Waals surface area contributed by atoms with Gasteiger partial charge in [-0.05, 0) is 24.4 Å². The highest BCUT2D eigenvalue weighted by molar-refractivity contribution is 6.28. The molecule has 7 nitrogen and oxygen atoms in total. The lowest BCUT2D eigenvalue weighted by Crippen LogP contribution is -2.30. The third-order valence-corrected chi connectivity index (χ3v) is 2.70. The van der Waals surface area contributed by atoms with E-state index < -0.39 is 4.92 Å². The lowest BCUT2D eigenvalue weighted by molar-refractivity contribution is -0.384. The molecule has 0 saturated heterocycles. The van der Waals surface area contributed by atoms with Gasteiger partial charge in [0.15, 0.2) is 0 Å². The van der Waals surface area contributed by atoms with Crippen LogP contribution in [0.15, 0.2) is 6.20 Å². The lowest BCUT2D eigenvalue weighted by atomic mass is 10.4. The van der Waals surface area contributed by atoms with Gasteiger partial charge in [-0.1, -0.05) is 0 Å². The lowest BCUT2D eigenvalue weighted by Gasteiger charge is -2.21. The molecular weight excluding hydrogens is 248 g/mol. The predicted octanol–water partition coefficient (Wildman–Crippen LogP) is 0.999. The van der Waals surface area contributed by atoms with Gasteiger partial charge in [0.25, 0.3) is 0 Å². The first-order chi connectivity index (χ1) is 8.13. The fourth-order valence-corrected chi connectivity index (χ4v) is 1.77. The summed E-state index contributed by atoms with van der Waals surface area (Å²) in [4.78, 5) is 19.6.